The first kappa shape index (κ1) is 35.4. The number of sulfonamides is 1. The zero-order valence-corrected chi connectivity index (χ0v) is 29.5. The van der Waals surface area contributed by atoms with Gasteiger partial charge in [-0.2, -0.15) is 0 Å². The number of hydrogen-bond acceptors (Lipinski definition) is 10. The molecule has 3 aromatic carbocycles. The smallest absolute Gasteiger partial charge is 0.320 e. The van der Waals surface area contributed by atoms with Gasteiger partial charge in [-0.05, 0) is 75.9 Å². The van der Waals surface area contributed by atoms with E-state index >= 15 is 4.79 Å². The van der Waals surface area contributed by atoms with Crippen molar-refractivity contribution in [1.29, 1.82) is 0 Å². The predicted octanol–water partition coefficient (Wildman–Crippen LogP) is 3.89. The van der Waals surface area contributed by atoms with Crippen molar-refractivity contribution >= 4 is 39.2 Å². The van der Waals surface area contributed by atoms with Gasteiger partial charge in [-0.25, -0.2) is 12.7 Å². The lowest BCUT2D eigenvalue weighted by Crippen LogP contribution is -2.58. The van der Waals surface area contributed by atoms with E-state index in [2.05, 4.69) is 9.80 Å². The van der Waals surface area contributed by atoms with E-state index in [0.717, 1.165) is 23.0 Å². The van der Waals surface area contributed by atoms with Gasteiger partial charge in [-0.15, -0.1) is 0 Å². The molecule has 48 heavy (non-hydrogen) atoms. The number of nitrogens with zero attached hydrogens (tertiary/aromatic N) is 4. The molecule has 2 atom stereocenters. The maximum absolute atomic E-state index is 15.3. The number of likely N-dealkylation sites (N-methyl/N-ethyl adjacent to an activating group) is 2. The zero-order chi connectivity index (χ0) is 35.0. The molecular weight excluding hydrogens is 660 g/mol. The maximum Gasteiger partial charge on any atom is 0.320 e. The third kappa shape index (κ3) is 6.09. The number of carbonyl (C=O) groups is 2. The van der Waals surface area contributed by atoms with Crippen LogP contribution < -0.4 is 18.5 Å². The second-order valence-electron chi connectivity index (χ2n) is 12.2. The number of halogens is 1. The molecular formula is C34H41ClN4O8S. The molecule has 1 amide bonds. The first-order chi connectivity index (χ1) is 22.8. The summed E-state index contributed by atoms with van der Waals surface area (Å²) in [6, 6.07) is 13.0. The molecule has 1 fully saturated rings. The van der Waals surface area contributed by atoms with E-state index in [1.807, 2.05) is 33.3 Å². The number of benzene rings is 3. The second kappa shape index (κ2) is 13.9. The fourth-order valence-corrected chi connectivity index (χ4v) is 8.46. The van der Waals surface area contributed by atoms with Gasteiger partial charge < -0.3 is 29.1 Å². The number of ether oxygens (including phenoxy) is 3. The molecule has 14 heteroatoms. The SMILES string of the molecule is COc1ccc(S(=O)(=O)N2C(=O)C(c3ccc(CN(C)CCN(C)C)cc3OC)(N3CCC[C@H]3C(=O)O)c3cc(Cl)ccc32)c(OC)c1. The zero-order valence-electron chi connectivity index (χ0n) is 27.9. The monoisotopic (exact) mass is 700 g/mol. The van der Waals surface area contributed by atoms with Crippen LogP contribution in [0.25, 0.3) is 0 Å². The lowest BCUT2D eigenvalue weighted by atomic mass is 9.80. The molecule has 5 rings (SSSR count). The van der Waals surface area contributed by atoms with Gasteiger partial charge in [-0.1, -0.05) is 23.7 Å². The Bertz CT molecular complexity index is 1820. The van der Waals surface area contributed by atoms with Crippen LogP contribution in [0.5, 0.6) is 17.2 Å². The number of likely N-dealkylation sites (tertiary alicyclic amines) is 1. The van der Waals surface area contributed by atoms with Gasteiger partial charge in [0.2, 0.25) is 0 Å². The second-order valence-corrected chi connectivity index (χ2v) is 14.4. The number of aliphatic carboxylic acids is 1. The number of fused-ring (bicyclic) bond motifs is 1. The number of carbonyl (C=O) groups excluding carboxylic acids is 1. The molecule has 0 radical (unpaired) electrons. The van der Waals surface area contributed by atoms with Crippen LogP contribution in [0.15, 0.2) is 59.5 Å². The van der Waals surface area contributed by atoms with Crippen molar-refractivity contribution < 1.29 is 37.3 Å². The molecule has 2 aliphatic heterocycles. The van der Waals surface area contributed by atoms with E-state index in [9.17, 15) is 18.3 Å². The number of hydrogen-bond donors (Lipinski definition) is 1. The lowest BCUT2D eigenvalue weighted by Gasteiger charge is -2.41. The topological polar surface area (TPSA) is 129 Å². The van der Waals surface area contributed by atoms with E-state index < -0.39 is 33.5 Å². The van der Waals surface area contributed by atoms with Gasteiger partial charge in [0.25, 0.3) is 15.9 Å². The van der Waals surface area contributed by atoms with E-state index in [0.29, 0.717) is 30.0 Å². The normalized spacial score (nSPS) is 19.6. The predicted molar refractivity (Wildman–Crippen MR) is 182 cm³/mol. The van der Waals surface area contributed by atoms with Gasteiger partial charge in [0.1, 0.15) is 28.2 Å². The number of rotatable bonds is 13. The molecule has 12 nitrogen and oxygen atoms in total. The number of anilines is 1. The Hall–Kier alpha value is -3.88. The molecule has 0 aromatic heterocycles. The van der Waals surface area contributed by atoms with Crippen LogP contribution in [-0.2, 0) is 31.7 Å². The summed E-state index contributed by atoms with van der Waals surface area (Å²) in [5.74, 6) is -1.36. The van der Waals surface area contributed by atoms with Crippen molar-refractivity contribution in [2.75, 3.05) is 66.4 Å². The molecule has 2 aliphatic rings. The Morgan fingerprint density at radius 3 is 2.33 bits per heavy atom. The van der Waals surface area contributed by atoms with Crippen LogP contribution in [0.4, 0.5) is 5.69 Å². The van der Waals surface area contributed by atoms with E-state index in [4.69, 9.17) is 25.8 Å². The van der Waals surface area contributed by atoms with Crippen molar-refractivity contribution in [3.05, 3.63) is 76.3 Å². The van der Waals surface area contributed by atoms with Crippen LogP contribution in [0, 0.1) is 0 Å². The summed E-state index contributed by atoms with van der Waals surface area (Å²) in [6.45, 7) is 2.44. The summed E-state index contributed by atoms with van der Waals surface area (Å²) < 4.78 is 46.6. The molecule has 1 N–H and O–H groups in total. The van der Waals surface area contributed by atoms with Crippen molar-refractivity contribution in [3.63, 3.8) is 0 Å². The van der Waals surface area contributed by atoms with Crippen LogP contribution in [-0.4, -0.2) is 108 Å². The van der Waals surface area contributed by atoms with Gasteiger partial charge >= 0.3 is 5.97 Å². The van der Waals surface area contributed by atoms with Crippen LogP contribution >= 0.6 is 11.6 Å². The highest BCUT2D eigenvalue weighted by atomic mass is 35.5. The highest BCUT2D eigenvalue weighted by Crippen LogP contribution is 2.55. The number of carboxylic acid groups (broad SMARTS) is 1. The average molecular weight is 701 g/mol. The Kier molecular flexibility index (Phi) is 10.3. The molecule has 3 aromatic rings. The first-order valence-electron chi connectivity index (χ1n) is 15.4. The molecule has 258 valence electrons. The van der Waals surface area contributed by atoms with Crippen LogP contribution in [0.1, 0.15) is 29.5 Å². The minimum absolute atomic E-state index is 0.0277. The fourth-order valence-electron chi connectivity index (χ4n) is 6.68. The van der Waals surface area contributed by atoms with Gasteiger partial charge in [-0.3, -0.25) is 14.5 Å². The third-order valence-electron chi connectivity index (χ3n) is 8.96. The lowest BCUT2D eigenvalue weighted by molar-refractivity contribution is -0.145. The highest BCUT2D eigenvalue weighted by Gasteiger charge is 2.63. The number of carboxylic acids is 1. The largest absolute Gasteiger partial charge is 0.497 e. The standard InChI is InChI=1S/C34H41ClN4O8S/c1-36(2)16-17-37(3)21-22-9-12-25(29(18-22)46-5)34(38-15-7-8-28(38)32(40)41)26-19-23(35)10-13-27(26)39(33(34)42)48(43,44)31-14-11-24(45-4)20-30(31)47-6/h9-14,18-20,28H,7-8,15-17,21H2,1-6H3,(H,40,41)/t28-,34?/m0/s1. The Balaban J connectivity index is 1.76. The number of amides is 1. The number of methoxy groups -OCH3 is 3. The van der Waals surface area contributed by atoms with Crippen LogP contribution in [0.2, 0.25) is 5.02 Å². The Morgan fingerprint density at radius 2 is 1.69 bits per heavy atom. The minimum atomic E-state index is -4.65. The Morgan fingerprint density at radius 1 is 0.958 bits per heavy atom. The molecule has 1 saturated heterocycles. The van der Waals surface area contributed by atoms with E-state index in [-0.39, 0.29) is 39.9 Å². The van der Waals surface area contributed by atoms with Gasteiger partial charge in [0, 0.05) is 48.4 Å². The summed E-state index contributed by atoms with van der Waals surface area (Å²) in [4.78, 5) is 33.6. The van der Waals surface area contributed by atoms with Crippen molar-refractivity contribution in [2.24, 2.45) is 0 Å². The van der Waals surface area contributed by atoms with E-state index in [1.165, 1.54) is 57.7 Å². The summed E-state index contributed by atoms with van der Waals surface area (Å²) in [6.07, 6.45) is 0.731. The van der Waals surface area contributed by atoms with Crippen molar-refractivity contribution in [2.45, 2.75) is 35.9 Å². The van der Waals surface area contributed by atoms with E-state index in [1.54, 1.807) is 11.0 Å². The first-order valence-corrected chi connectivity index (χ1v) is 17.2. The summed E-state index contributed by atoms with van der Waals surface area (Å²) >= 11 is 6.57. The van der Waals surface area contributed by atoms with Gasteiger partial charge in [0.15, 0.2) is 5.54 Å². The highest BCUT2D eigenvalue weighted by molar-refractivity contribution is 7.93. The fraction of sp³-hybridized carbons (Fsp3) is 0.412. The molecule has 0 saturated carbocycles. The quantitative estimate of drug-likeness (QED) is 0.279. The minimum Gasteiger partial charge on any atom is -0.497 e. The molecule has 0 aliphatic carbocycles. The average Bonchev–Trinajstić information content (AvgIpc) is 3.65. The molecule has 2 heterocycles. The maximum atomic E-state index is 15.3. The van der Waals surface area contributed by atoms with Crippen LogP contribution in [0.3, 0.4) is 0 Å². The summed E-state index contributed by atoms with van der Waals surface area (Å²) in [5, 5.41) is 10.6. The summed E-state index contributed by atoms with van der Waals surface area (Å²) in [5.41, 5.74) is -0.433. The summed E-state index contributed by atoms with van der Waals surface area (Å²) in [7, 11) is 5.60. The third-order valence-corrected chi connectivity index (χ3v) is 10.9. The van der Waals surface area contributed by atoms with Crippen molar-refractivity contribution in [1.82, 2.24) is 14.7 Å². The molecule has 0 spiro atoms. The molecule has 0 bridgehead atoms. The Labute approximate surface area is 286 Å². The molecule has 1 unspecified atom stereocenters. The van der Waals surface area contributed by atoms with Crippen molar-refractivity contribution in [3.8, 4) is 17.2 Å². The van der Waals surface area contributed by atoms with Gasteiger partial charge in [0.05, 0.1) is 27.0 Å².